The van der Waals surface area contributed by atoms with E-state index in [2.05, 4.69) is 96.0 Å². The van der Waals surface area contributed by atoms with Crippen LogP contribution in [0.5, 0.6) is 0 Å². The summed E-state index contributed by atoms with van der Waals surface area (Å²) >= 11 is 7.90. The van der Waals surface area contributed by atoms with E-state index in [1.165, 1.54) is 84.3 Å². The average Bonchev–Trinajstić information content (AvgIpc) is 3.06. The predicted octanol–water partition coefficient (Wildman–Crippen LogP) is 10.7. The summed E-state index contributed by atoms with van der Waals surface area (Å²) in [6.45, 7) is 9.46. The van der Waals surface area contributed by atoms with Gasteiger partial charge >= 0.3 is 0 Å². The van der Waals surface area contributed by atoms with Gasteiger partial charge in [-0.3, -0.25) is 0 Å². The highest BCUT2D eigenvalue weighted by Gasteiger charge is 2.46. The lowest BCUT2D eigenvalue weighted by molar-refractivity contribution is 0.265. The predicted molar refractivity (Wildman–Crippen MR) is 144 cm³/mol. The molecule has 2 unspecified atom stereocenters. The quantitative estimate of drug-likeness (QED) is 0.248. The number of hydrogen-bond acceptors (Lipinski definition) is 0. The van der Waals surface area contributed by atoms with E-state index >= 15 is 0 Å². The smallest absolute Gasteiger partial charge is 0.0364 e. The molecule has 0 aromatic heterocycles. The summed E-state index contributed by atoms with van der Waals surface area (Å²) in [5.74, 6) is 1.54. The fraction of sp³-hybridized carbons (Fsp3) is 0.586. The second kappa shape index (κ2) is 11.5. The van der Waals surface area contributed by atoms with Crippen LogP contribution in [0.1, 0.15) is 103 Å². The van der Waals surface area contributed by atoms with E-state index in [1.54, 1.807) is 11.1 Å². The summed E-state index contributed by atoms with van der Waals surface area (Å²) in [6, 6.07) is 13.9. The minimum Gasteiger partial charge on any atom is -0.0654 e. The molecular weight excluding hydrogens is 508 g/mol. The topological polar surface area (TPSA) is 0 Å². The third kappa shape index (κ3) is 5.16. The van der Waals surface area contributed by atoms with Crippen molar-refractivity contribution in [1.29, 1.82) is 0 Å². The lowest BCUT2D eigenvalue weighted by atomic mass is 9.65. The van der Waals surface area contributed by atoms with Crippen LogP contribution in [-0.2, 0) is 5.41 Å². The molecule has 2 heteroatoms. The van der Waals surface area contributed by atoms with E-state index in [0.717, 1.165) is 11.8 Å². The molecule has 0 saturated heterocycles. The van der Waals surface area contributed by atoms with Gasteiger partial charge in [0.05, 0.1) is 0 Å². The van der Waals surface area contributed by atoms with E-state index in [9.17, 15) is 0 Å². The first-order valence-corrected chi connectivity index (χ1v) is 14.2. The number of halogens is 2. The van der Waals surface area contributed by atoms with Crippen molar-refractivity contribution in [2.24, 2.45) is 11.8 Å². The average molecular weight is 548 g/mol. The standard InChI is InChI=1S/C29H40Br2/c1-5-9-13-21(7-3)19-29(20-22(8-4)14-10-6-2)25-16-12-11-15-23(25)24-17-18-26(30)28(31)27(24)29/h11-12,15-18,21-22H,5-10,13-14,19-20H2,1-4H3. The lowest BCUT2D eigenvalue weighted by Crippen LogP contribution is -2.32. The van der Waals surface area contributed by atoms with Gasteiger partial charge in [-0.25, -0.2) is 0 Å². The zero-order valence-corrected chi connectivity index (χ0v) is 23.1. The molecule has 0 N–H and O–H groups in total. The van der Waals surface area contributed by atoms with Crippen LogP contribution in [0.3, 0.4) is 0 Å². The molecule has 170 valence electrons. The Morgan fingerprint density at radius 2 is 1.32 bits per heavy atom. The largest absolute Gasteiger partial charge is 0.0654 e. The first kappa shape index (κ1) is 25.0. The van der Waals surface area contributed by atoms with E-state index < -0.39 is 0 Å². The molecule has 0 bridgehead atoms. The number of fused-ring (bicyclic) bond motifs is 3. The molecule has 2 aromatic carbocycles. The first-order valence-electron chi connectivity index (χ1n) is 12.6. The number of benzene rings is 2. The minimum atomic E-state index is 0.109. The number of unbranched alkanes of at least 4 members (excludes halogenated alkanes) is 2. The van der Waals surface area contributed by atoms with Gasteiger partial charge in [0, 0.05) is 14.4 Å². The molecule has 0 nitrogen and oxygen atoms in total. The summed E-state index contributed by atoms with van der Waals surface area (Å²) in [5.41, 5.74) is 6.14. The van der Waals surface area contributed by atoms with Crippen LogP contribution >= 0.6 is 31.9 Å². The zero-order valence-electron chi connectivity index (χ0n) is 19.9. The van der Waals surface area contributed by atoms with Crippen LogP contribution in [0.2, 0.25) is 0 Å². The lowest BCUT2D eigenvalue weighted by Gasteiger charge is -2.39. The van der Waals surface area contributed by atoms with E-state index in [-0.39, 0.29) is 5.41 Å². The number of hydrogen-bond donors (Lipinski definition) is 0. The summed E-state index contributed by atoms with van der Waals surface area (Å²) in [6.07, 6.45) is 13.1. The zero-order chi connectivity index (χ0) is 22.4. The molecule has 0 saturated carbocycles. The highest BCUT2D eigenvalue weighted by Crippen LogP contribution is 2.59. The highest BCUT2D eigenvalue weighted by atomic mass is 79.9. The van der Waals surface area contributed by atoms with Gasteiger partial charge < -0.3 is 0 Å². The molecule has 31 heavy (non-hydrogen) atoms. The van der Waals surface area contributed by atoms with Gasteiger partial charge in [0.15, 0.2) is 0 Å². The van der Waals surface area contributed by atoms with Crippen LogP contribution in [0, 0.1) is 11.8 Å². The second-order valence-corrected chi connectivity index (χ2v) is 11.3. The van der Waals surface area contributed by atoms with Gasteiger partial charge in [-0.1, -0.05) is 109 Å². The second-order valence-electron chi connectivity index (χ2n) is 9.65. The summed E-state index contributed by atoms with van der Waals surface area (Å²) in [5, 5.41) is 0. The molecule has 2 aromatic rings. The molecule has 0 radical (unpaired) electrons. The van der Waals surface area contributed by atoms with Crippen molar-refractivity contribution < 1.29 is 0 Å². The third-order valence-corrected chi connectivity index (χ3v) is 9.68. The maximum absolute atomic E-state index is 4.05. The van der Waals surface area contributed by atoms with Crippen molar-refractivity contribution in [3.8, 4) is 11.1 Å². The Hall–Kier alpha value is -0.600. The highest BCUT2D eigenvalue weighted by molar-refractivity contribution is 9.13. The molecule has 0 heterocycles. The minimum absolute atomic E-state index is 0.109. The van der Waals surface area contributed by atoms with E-state index in [1.807, 2.05) is 0 Å². The van der Waals surface area contributed by atoms with Gasteiger partial charge in [0.25, 0.3) is 0 Å². The Morgan fingerprint density at radius 1 is 0.742 bits per heavy atom. The molecule has 1 aliphatic carbocycles. The normalized spacial score (nSPS) is 19.2. The molecule has 3 rings (SSSR count). The van der Waals surface area contributed by atoms with Crippen molar-refractivity contribution in [3.63, 3.8) is 0 Å². The van der Waals surface area contributed by atoms with Crippen molar-refractivity contribution in [2.75, 3.05) is 0 Å². The number of rotatable bonds is 12. The Balaban J connectivity index is 2.18. The molecule has 2 atom stereocenters. The van der Waals surface area contributed by atoms with Crippen molar-refractivity contribution in [1.82, 2.24) is 0 Å². The van der Waals surface area contributed by atoms with Gasteiger partial charge in [-0.05, 0) is 84.9 Å². The van der Waals surface area contributed by atoms with Gasteiger partial charge in [-0.15, -0.1) is 0 Å². The Morgan fingerprint density at radius 3 is 1.87 bits per heavy atom. The van der Waals surface area contributed by atoms with Gasteiger partial charge in [0.1, 0.15) is 0 Å². The van der Waals surface area contributed by atoms with Gasteiger partial charge in [-0.2, -0.15) is 0 Å². The van der Waals surface area contributed by atoms with E-state index in [0.29, 0.717) is 0 Å². The van der Waals surface area contributed by atoms with Crippen molar-refractivity contribution >= 4 is 31.9 Å². The molecule has 0 amide bonds. The summed E-state index contributed by atoms with van der Waals surface area (Å²) in [4.78, 5) is 0. The maximum Gasteiger partial charge on any atom is 0.0364 e. The van der Waals surface area contributed by atoms with Crippen molar-refractivity contribution in [2.45, 2.75) is 97.3 Å². The Kier molecular flexibility index (Phi) is 9.29. The first-order chi connectivity index (χ1) is 15.0. The Labute approximate surface area is 207 Å². The Bertz CT molecular complexity index is 836. The van der Waals surface area contributed by atoms with Crippen LogP contribution in [0.15, 0.2) is 45.3 Å². The van der Waals surface area contributed by atoms with Gasteiger partial charge in [0.2, 0.25) is 0 Å². The van der Waals surface area contributed by atoms with Crippen LogP contribution < -0.4 is 0 Å². The maximum atomic E-state index is 4.05. The van der Waals surface area contributed by atoms with E-state index in [4.69, 9.17) is 0 Å². The SMILES string of the molecule is CCCCC(CC)CC1(CC(CC)CCCC)c2ccccc2-c2ccc(Br)c(Br)c21. The van der Waals surface area contributed by atoms with Crippen LogP contribution in [0.4, 0.5) is 0 Å². The van der Waals surface area contributed by atoms with Crippen LogP contribution in [0.25, 0.3) is 11.1 Å². The molecular formula is C29H40Br2. The molecule has 0 fully saturated rings. The molecule has 1 aliphatic rings. The fourth-order valence-electron chi connectivity index (χ4n) is 5.89. The fourth-order valence-corrected chi connectivity index (χ4v) is 6.95. The van der Waals surface area contributed by atoms with Crippen molar-refractivity contribution in [3.05, 3.63) is 56.5 Å². The molecule has 0 aliphatic heterocycles. The summed E-state index contributed by atoms with van der Waals surface area (Å²) < 4.78 is 2.46. The summed E-state index contributed by atoms with van der Waals surface area (Å²) in [7, 11) is 0. The van der Waals surface area contributed by atoms with Crippen LogP contribution in [-0.4, -0.2) is 0 Å². The molecule has 0 spiro atoms. The monoisotopic (exact) mass is 546 g/mol. The third-order valence-electron chi connectivity index (χ3n) is 7.67.